The van der Waals surface area contributed by atoms with Crippen LogP contribution in [0.4, 0.5) is 41.9 Å². The number of rotatable bonds is 13. The lowest BCUT2D eigenvalue weighted by molar-refractivity contribution is -0.111. The van der Waals surface area contributed by atoms with Crippen molar-refractivity contribution < 1.29 is 32.3 Å². The van der Waals surface area contributed by atoms with E-state index in [-0.39, 0.29) is 17.4 Å². The summed E-state index contributed by atoms with van der Waals surface area (Å²) in [5, 5.41) is 7.64. The Balaban J connectivity index is 1.41. The highest BCUT2D eigenvalue weighted by molar-refractivity contribution is 6.02. The molecule has 1 atom stereocenters. The zero-order valence-electron chi connectivity index (χ0n) is 27.0. The Morgan fingerprint density at radius 2 is 1.83 bits per heavy atom. The molecule has 0 radical (unpaired) electrons. The molecule has 0 spiro atoms. The maximum atomic E-state index is 14.8. The minimum atomic E-state index is -0.785. The van der Waals surface area contributed by atoms with E-state index < -0.39 is 23.5 Å². The third kappa shape index (κ3) is 8.14. The van der Waals surface area contributed by atoms with Crippen molar-refractivity contribution in [1.82, 2.24) is 14.9 Å². The third-order valence-electron chi connectivity index (χ3n) is 7.50. The first-order chi connectivity index (χ1) is 23.0. The lowest BCUT2D eigenvalue weighted by atomic mass is 10.0. The van der Waals surface area contributed by atoms with Crippen LogP contribution in [0.5, 0.6) is 17.2 Å². The van der Waals surface area contributed by atoms with E-state index in [0.717, 1.165) is 36.5 Å². The Hall–Kier alpha value is -5.34. The molecule has 1 aliphatic heterocycles. The van der Waals surface area contributed by atoms with Gasteiger partial charge in [-0.1, -0.05) is 6.58 Å². The van der Waals surface area contributed by atoms with Crippen molar-refractivity contribution in [2.75, 3.05) is 68.5 Å². The van der Waals surface area contributed by atoms with Gasteiger partial charge in [0.25, 0.3) is 0 Å². The van der Waals surface area contributed by atoms with Crippen molar-refractivity contribution in [3.63, 3.8) is 0 Å². The first-order valence-electron chi connectivity index (χ1n) is 15.0. The van der Waals surface area contributed by atoms with E-state index in [1.165, 1.54) is 23.5 Å². The number of hydroxylamine groups is 1. The smallest absolute Gasteiger partial charge is 0.247 e. The number of ether oxygens (including phenoxy) is 2. The van der Waals surface area contributed by atoms with E-state index in [1.54, 1.807) is 25.3 Å². The number of carbonyl (C=O) groups excluding carboxylic acids is 1. The van der Waals surface area contributed by atoms with E-state index in [4.69, 9.17) is 14.3 Å². The fourth-order valence-electron chi connectivity index (χ4n) is 5.10. The number of nitrogens with one attached hydrogen (secondary N) is 2. The molecule has 0 unspecified atom stereocenters. The van der Waals surface area contributed by atoms with Crippen LogP contribution in [0, 0.1) is 17.5 Å². The summed E-state index contributed by atoms with van der Waals surface area (Å²) < 4.78 is 53.9. The molecule has 252 valence electrons. The molecule has 48 heavy (non-hydrogen) atoms. The lowest BCUT2D eigenvalue weighted by Gasteiger charge is -2.26. The molecule has 0 bridgehead atoms. The predicted molar refractivity (Wildman–Crippen MR) is 178 cm³/mol. The maximum absolute atomic E-state index is 14.8. The molecule has 1 amide bonds. The van der Waals surface area contributed by atoms with Crippen molar-refractivity contribution in [1.29, 1.82) is 0 Å². The van der Waals surface area contributed by atoms with Crippen LogP contribution in [0.1, 0.15) is 18.0 Å². The maximum Gasteiger partial charge on any atom is 0.247 e. The van der Waals surface area contributed by atoms with Crippen LogP contribution in [0.2, 0.25) is 0 Å². The van der Waals surface area contributed by atoms with Crippen LogP contribution >= 0.6 is 0 Å². The van der Waals surface area contributed by atoms with Crippen molar-refractivity contribution in [2.45, 2.75) is 12.5 Å². The monoisotopic (exact) mass is 663 g/mol. The zero-order valence-corrected chi connectivity index (χ0v) is 27.0. The number of amides is 1. The normalized spacial score (nSPS) is 14.2. The number of halogens is 3. The minimum absolute atomic E-state index is 0.00589. The largest absolute Gasteiger partial charge is 0.494 e. The molecule has 3 aromatic carbocycles. The number of aromatic nitrogens is 2. The number of benzene rings is 3. The van der Waals surface area contributed by atoms with E-state index >= 15 is 0 Å². The summed E-state index contributed by atoms with van der Waals surface area (Å²) in [6, 6.07) is 11.5. The molecule has 0 saturated carbocycles. The van der Waals surface area contributed by atoms with Crippen LogP contribution < -0.4 is 30.1 Å². The molecule has 1 fully saturated rings. The highest BCUT2D eigenvalue weighted by atomic mass is 19.1. The van der Waals surface area contributed by atoms with Crippen LogP contribution in [0.15, 0.2) is 73.6 Å². The second-order valence-electron chi connectivity index (χ2n) is 11.2. The summed E-state index contributed by atoms with van der Waals surface area (Å²) in [6.45, 7) is 5.35. The number of likely N-dealkylation sites (N-methyl/N-ethyl adjacent to an activating group) is 2. The standard InChI is InChI=1S/C34H36F3N7O4/c1-6-34(45)41-26-17-27(31(46-5)18-29(26)43(4)11-10-42(2)3)40-32-19-33(39-20-38-32)44-28(9-12-47-44)21-13-23(36)15-24(14-21)48-30-16-22(35)7-8-25(30)37/h6-8,13-20,28H,1,9-12H2,2-5H3,(H,41,45)(H,38,39,40)/t28-/m1/s1. The first-order valence-corrected chi connectivity index (χ1v) is 15.0. The van der Waals surface area contributed by atoms with Gasteiger partial charge in [0.2, 0.25) is 5.91 Å². The Kier molecular flexibility index (Phi) is 10.7. The molecule has 1 aromatic heterocycles. The molecule has 4 aromatic rings. The Bertz CT molecular complexity index is 1790. The summed E-state index contributed by atoms with van der Waals surface area (Å²) in [7, 11) is 7.43. The van der Waals surface area contributed by atoms with Crippen molar-refractivity contribution in [3.05, 3.63) is 96.6 Å². The minimum Gasteiger partial charge on any atom is -0.494 e. The first kappa shape index (κ1) is 34.0. The van der Waals surface area contributed by atoms with Gasteiger partial charge >= 0.3 is 0 Å². The van der Waals surface area contributed by atoms with E-state index in [0.29, 0.717) is 53.9 Å². The Morgan fingerprint density at radius 1 is 1.02 bits per heavy atom. The van der Waals surface area contributed by atoms with Crippen molar-refractivity contribution in [3.8, 4) is 17.2 Å². The van der Waals surface area contributed by atoms with E-state index in [1.807, 2.05) is 32.1 Å². The summed E-state index contributed by atoms with van der Waals surface area (Å²) in [5.74, 6) is -1.60. The van der Waals surface area contributed by atoms with Crippen LogP contribution in [0.25, 0.3) is 0 Å². The molecule has 5 rings (SSSR count). The van der Waals surface area contributed by atoms with Gasteiger partial charge in [-0.05, 0) is 56.1 Å². The fourth-order valence-corrected chi connectivity index (χ4v) is 5.10. The van der Waals surface area contributed by atoms with Crippen LogP contribution in [-0.4, -0.2) is 68.7 Å². The Morgan fingerprint density at radius 3 is 2.58 bits per heavy atom. The highest BCUT2D eigenvalue weighted by Crippen LogP contribution is 2.40. The summed E-state index contributed by atoms with van der Waals surface area (Å²) in [6.07, 6.45) is 3.02. The fraction of sp³-hybridized carbons (Fsp3) is 0.265. The van der Waals surface area contributed by atoms with Crippen LogP contribution in [-0.2, 0) is 9.63 Å². The third-order valence-corrected chi connectivity index (χ3v) is 7.50. The van der Waals surface area contributed by atoms with Gasteiger partial charge in [-0.3, -0.25) is 9.63 Å². The lowest BCUT2D eigenvalue weighted by Crippen LogP contribution is -2.29. The molecular formula is C34H36F3N7O4. The molecule has 2 N–H and O–H groups in total. The van der Waals surface area contributed by atoms with Gasteiger partial charge in [-0.25, -0.2) is 28.2 Å². The topological polar surface area (TPSA) is 104 Å². The molecule has 1 saturated heterocycles. The summed E-state index contributed by atoms with van der Waals surface area (Å²) in [5.41, 5.74) is 2.26. The van der Waals surface area contributed by atoms with Gasteiger partial charge in [0.1, 0.15) is 35.3 Å². The number of methoxy groups -OCH3 is 1. The predicted octanol–water partition coefficient (Wildman–Crippen LogP) is 6.44. The van der Waals surface area contributed by atoms with E-state index in [9.17, 15) is 18.0 Å². The Labute approximate surface area is 276 Å². The number of carbonyl (C=O) groups is 1. The highest BCUT2D eigenvalue weighted by Gasteiger charge is 2.30. The average molecular weight is 664 g/mol. The van der Waals surface area contributed by atoms with E-state index in [2.05, 4.69) is 32.1 Å². The van der Waals surface area contributed by atoms with Crippen LogP contribution in [0.3, 0.4) is 0 Å². The molecular weight excluding hydrogens is 627 g/mol. The second kappa shape index (κ2) is 15.0. The number of hydrogen-bond donors (Lipinski definition) is 2. The zero-order chi connectivity index (χ0) is 34.4. The molecule has 11 nitrogen and oxygen atoms in total. The van der Waals surface area contributed by atoms with Gasteiger partial charge in [0.15, 0.2) is 17.4 Å². The van der Waals surface area contributed by atoms with Crippen molar-refractivity contribution in [2.24, 2.45) is 0 Å². The number of hydrogen-bond acceptors (Lipinski definition) is 10. The number of anilines is 5. The molecule has 2 heterocycles. The summed E-state index contributed by atoms with van der Waals surface area (Å²) >= 11 is 0. The van der Waals surface area contributed by atoms with Gasteiger partial charge in [0, 0.05) is 50.8 Å². The summed E-state index contributed by atoms with van der Waals surface area (Å²) in [4.78, 5) is 31.0. The van der Waals surface area contributed by atoms with Gasteiger partial charge < -0.3 is 29.9 Å². The quantitative estimate of drug-likeness (QED) is 0.155. The SMILES string of the molecule is C=CC(=O)Nc1cc(Nc2cc(N3OCC[C@@H]3c3cc(F)cc(Oc4cc(F)ccc4F)c3)ncn2)c(OC)cc1N(C)CCN(C)C. The van der Waals surface area contributed by atoms with Crippen molar-refractivity contribution >= 4 is 34.6 Å². The molecule has 1 aliphatic rings. The second-order valence-corrected chi connectivity index (χ2v) is 11.2. The van der Waals surface area contributed by atoms with Gasteiger partial charge in [0.05, 0.1) is 36.8 Å². The van der Waals surface area contributed by atoms with Gasteiger partial charge in [-0.15, -0.1) is 0 Å². The van der Waals surface area contributed by atoms with Gasteiger partial charge in [-0.2, -0.15) is 0 Å². The average Bonchev–Trinajstić information content (AvgIpc) is 3.56. The molecule has 14 heteroatoms. The number of nitrogens with zero attached hydrogens (tertiary/aromatic N) is 5. The molecule has 0 aliphatic carbocycles.